The lowest BCUT2D eigenvalue weighted by Crippen LogP contribution is -2.40. The zero-order valence-electron chi connectivity index (χ0n) is 11.7. The highest BCUT2D eigenvalue weighted by Crippen LogP contribution is 2.03. The highest BCUT2D eigenvalue weighted by Gasteiger charge is 2.03. The van der Waals surface area contributed by atoms with E-state index in [-0.39, 0.29) is 11.6 Å². The highest BCUT2D eigenvalue weighted by molar-refractivity contribution is 7.90. The molecule has 0 aromatic heterocycles. The number of nitrogens with zero attached hydrogens (tertiary/aromatic N) is 1. The third-order valence-corrected chi connectivity index (χ3v) is 3.53. The number of sulfone groups is 1. The molecule has 0 radical (unpaired) electrons. The fourth-order valence-electron chi connectivity index (χ4n) is 1.59. The molecule has 1 aromatic carbocycles. The Morgan fingerprint density at radius 3 is 2.60 bits per heavy atom. The van der Waals surface area contributed by atoms with Crippen LogP contribution in [-0.2, 0) is 16.3 Å². The Kier molecular flexibility index (Phi) is 6.44. The van der Waals surface area contributed by atoms with E-state index in [1.54, 1.807) is 13.1 Å². The minimum Gasteiger partial charge on any atom is -0.356 e. The molecule has 0 aliphatic rings. The van der Waals surface area contributed by atoms with Gasteiger partial charge in [-0.15, -0.1) is 0 Å². The van der Waals surface area contributed by atoms with Crippen LogP contribution in [0.15, 0.2) is 29.3 Å². The normalized spacial score (nSPS) is 12.2. The van der Waals surface area contributed by atoms with Crippen LogP contribution in [-0.4, -0.2) is 46.5 Å². The Bertz CT molecular complexity index is 558. The van der Waals surface area contributed by atoms with E-state index in [0.29, 0.717) is 25.5 Å². The molecule has 1 aromatic rings. The standard InChI is InChI=1S/C13H20FN3O2S/c1-15-13(17-8-9-20(2,18)19)16-7-6-11-4-3-5-12(14)10-11/h3-5,10H,6-9H2,1-2H3,(H2,15,16,17). The monoisotopic (exact) mass is 301 g/mol. The Hall–Kier alpha value is -1.63. The van der Waals surface area contributed by atoms with Crippen molar-refractivity contribution in [2.24, 2.45) is 4.99 Å². The Morgan fingerprint density at radius 2 is 2.00 bits per heavy atom. The number of rotatable bonds is 6. The zero-order valence-corrected chi connectivity index (χ0v) is 12.5. The van der Waals surface area contributed by atoms with Gasteiger partial charge in [-0.05, 0) is 24.1 Å². The molecule has 0 bridgehead atoms. The van der Waals surface area contributed by atoms with Crippen molar-refractivity contribution in [1.29, 1.82) is 0 Å². The predicted octanol–water partition coefficient (Wildman–Crippen LogP) is 0.578. The summed E-state index contributed by atoms with van der Waals surface area (Å²) >= 11 is 0. The molecule has 0 aliphatic carbocycles. The van der Waals surface area contributed by atoms with Gasteiger partial charge in [0.1, 0.15) is 15.7 Å². The van der Waals surface area contributed by atoms with Crippen LogP contribution < -0.4 is 10.6 Å². The molecule has 0 saturated heterocycles. The maximum atomic E-state index is 13.0. The summed E-state index contributed by atoms with van der Waals surface area (Å²) < 4.78 is 35.0. The van der Waals surface area contributed by atoms with Crippen LogP contribution in [0.1, 0.15) is 5.56 Å². The first-order chi connectivity index (χ1) is 9.40. The lowest BCUT2D eigenvalue weighted by atomic mass is 10.1. The maximum Gasteiger partial charge on any atom is 0.191 e. The summed E-state index contributed by atoms with van der Waals surface area (Å²) in [4.78, 5) is 3.98. The average Bonchev–Trinajstić information content (AvgIpc) is 2.35. The van der Waals surface area contributed by atoms with Crippen LogP contribution in [0.3, 0.4) is 0 Å². The minimum absolute atomic E-state index is 0.0532. The molecule has 0 aliphatic heterocycles. The molecule has 1 rings (SSSR count). The van der Waals surface area contributed by atoms with Gasteiger partial charge in [-0.1, -0.05) is 12.1 Å². The molecule has 0 amide bonds. The Labute approximate surface area is 119 Å². The molecule has 0 saturated carbocycles. The van der Waals surface area contributed by atoms with Crippen molar-refractivity contribution in [2.75, 3.05) is 32.1 Å². The summed E-state index contributed by atoms with van der Waals surface area (Å²) in [6.07, 6.45) is 1.85. The molecular formula is C13H20FN3O2S. The number of nitrogens with one attached hydrogen (secondary N) is 2. The van der Waals surface area contributed by atoms with E-state index >= 15 is 0 Å². The van der Waals surface area contributed by atoms with Gasteiger partial charge < -0.3 is 10.6 Å². The van der Waals surface area contributed by atoms with E-state index in [2.05, 4.69) is 15.6 Å². The number of benzene rings is 1. The van der Waals surface area contributed by atoms with Gasteiger partial charge in [0.15, 0.2) is 5.96 Å². The Balaban J connectivity index is 2.32. The first-order valence-corrected chi connectivity index (χ1v) is 8.33. The fraction of sp³-hybridized carbons (Fsp3) is 0.462. The molecule has 112 valence electrons. The van der Waals surface area contributed by atoms with Crippen molar-refractivity contribution in [3.63, 3.8) is 0 Å². The van der Waals surface area contributed by atoms with E-state index in [0.717, 1.165) is 5.56 Å². The van der Waals surface area contributed by atoms with Gasteiger partial charge in [0, 0.05) is 26.4 Å². The van der Waals surface area contributed by atoms with Crippen LogP contribution in [0.2, 0.25) is 0 Å². The van der Waals surface area contributed by atoms with E-state index in [4.69, 9.17) is 0 Å². The molecule has 7 heteroatoms. The third kappa shape index (κ3) is 7.08. The van der Waals surface area contributed by atoms with Gasteiger partial charge in [-0.25, -0.2) is 12.8 Å². The third-order valence-electron chi connectivity index (χ3n) is 2.58. The largest absolute Gasteiger partial charge is 0.356 e. The van der Waals surface area contributed by atoms with Crippen LogP contribution in [0.4, 0.5) is 4.39 Å². The molecular weight excluding hydrogens is 281 g/mol. The van der Waals surface area contributed by atoms with Crippen molar-refractivity contribution in [2.45, 2.75) is 6.42 Å². The second-order valence-corrected chi connectivity index (χ2v) is 6.70. The SMILES string of the molecule is CN=C(NCCc1cccc(F)c1)NCCS(C)(=O)=O. The van der Waals surface area contributed by atoms with Gasteiger partial charge in [0.05, 0.1) is 5.75 Å². The van der Waals surface area contributed by atoms with Crippen molar-refractivity contribution in [3.8, 4) is 0 Å². The number of hydrogen-bond acceptors (Lipinski definition) is 3. The van der Waals surface area contributed by atoms with E-state index in [1.807, 2.05) is 6.07 Å². The molecule has 0 unspecified atom stereocenters. The molecule has 2 N–H and O–H groups in total. The van der Waals surface area contributed by atoms with Gasteiger partial charge >= 0.3 is 0 Å². The number of aliphatic imine (C=N–C) groups is 1. The molecule has 5 nitrogen and oxygen atoms in total. The molecule has 0 spiro atoms. The summed E-state index contributed by atoms with van der Waals surface area (Å²) in [7, 11) is -1.37. The second-order valence-electron chi connectivity index (χ2n) is 4.44. The summed E-state index contributed by atoms with van der Waals surface area (Å²) in [5.74, 6) is 0.334. The molecule has 0 heterocycles. The lowest BCUT2D eigenvalue weighted by Gasteiger charge is -2.11. The van der Waals surface area contributed by atoms with Gasteiger partial charge in [0.25, 0.3) is 0 Å². The van der Waals surface area contributed by atoms with Gasteiger partial charge in [-0.3, -0.25) is 4.99 Å². The molecule has 0 atom stereocenters. The van der Waals surface area contributed by atoms with Crippen molar-refractivity contribution >= 4 is 15.8 Å². The predicted molar refractivity (Wildman–Crippen MR) is 79.2 cm³/mol. The van der Waals surface area contributed by atoms with Crippen LogP contribution in [0, 0.1) is 5.82 Å². The first kappa shape index (κ1) is 16.4. The summed E-state index contributed by atoms with van der Waals surface area (Å²) in [6, 6.07) is 6.42. The molecule has 0 fully saturated rings. The quantitative estimate of drug-likeness (QED) is 0.595. The maximum absolute atomic E-state index is 13.0. The molecule has 20 heavy (non-hydrogen) atoms. The summed E-state index contributed by atoms with van der Waals surface area (Å²) in [5, 5.41) is 5.95. The van der Waals surface area contributed by atoms with Crippen molar-refractivity contribution in [3.05, 3.63) is 35.6 Å². The summed E-state index contributed by atoms with van der Waals surface area (Å²) in [5.41, 5.74) is 0.893. The Morgan fingerprint density at radius 1 is 1.30 bits per heavy atom. The van der Waals surface area contributed by atoms with Crippen molar-refractivity contribution < 1.29 is 12.8 Å². The van der Waals surface area contributed by atoms with E-state index in [9.17, 15) is 12.8 Å². The topological polar surface area (TPSA) is 70.6 Å². The number of hydrogen-bond donors (Lipinski definition) is 2. The summed E-state index contributed by atoms with van der Waals surface area (Å²) in [6.45, 7) is 0.889. The van der Waals surface area contributed by atoms with E-state index < -0.39 is 9.84 Å². The van der Waals surface area contributed by atoms with Gasteiger partial charge in [-0.2, -0.15) is 0 Å². The van der Waals surface area contributed by atoms with E-state index in [1.165, 1.54) is 18.4 Å². The first-order valence-electron chi connectivity index (χ1n) is 6.27. The fourth-order valence-corrected chi connectivity index (χ4v) is 2.07. The minimum atomic E-state index is -2.98. The lowest BCUT2D eigenvalue weighted by molar-refractivity contribution is 0.600. The number of halogens is 1. The van der Waals surface area contributed by atoms with Gasteiger partial charge in [0.2, 0.25) is 0 Å². The average molecular weight is 301 g/mol. The smallest absolute Gasteiger partial charge is 0.191 e. The van der Waals surface area contributed by atoms with Crippen molar-refractivity contribution in [1.82, 2.24) is 10.6 Å². The van der Waals surface area contributed by atoms with Crippen LogP contribution >= 0.6 is 0 Å². The van der Waals surface area contributed by atoms with Crippen LogP contribution in [0.5, 0.6) is 0 Å². The van der Waals surface area contributed by atoms with Crippen LogP contribution in [0.25, 0.3) is 0 Å². The highest BCUT2D eigenvalue weighted by atomic mass is 32.2. The number of guanidine groups is 1. The zero-order chi connectivity index (χ0) is 15.0. The second kappa shape index (κ2) is 7.84.